The van der Waals surface area contributed by atoms with Gasteiger partial charge in [-0.25, -0.2) is 0 Å². The molecule has 1 N–H and O–H groups in total. The zero-order valence-corrected chi connectivity index (χ0v) is 13.6. The SMILES string of the molecule is O=C1NCCc2ccc(C(Cl)c3ccccc3I)cc21. The van der Waals surface area contributed by atoms with Crippen LogP contribution in [0, 0.1) is 3.57 Å². The third kappa shape index (κ3) is 2.56. The molecule has 1 atom stereocenters. The summed E-state index contributed by atoms with van der Waals surface area (Å²) in [6, 6.07) is 14.0. The molecule has 0 saturated heterocycles. The topological polar surface area (TPSA) is 29.1 Å². The highest BCUT2D eigenvalue weighted by molar-refractivity contribution is 14.1. The zero-order valence-electron chi connectivity index (χ0n) is 10.7. The maximum absolute atomic E-state index is 11.9. The molecule has 102 valence electrons. The molecular weight excluding hydrogens is 385 g/mol. The molecular formula is C16H13ClINO. The van der Waals surface area contributed by atoms with Gasteiger partial charge in [0.15, 0.2) is 0 Å². The molecule has 1 aliphatic heterocycles. The van der Waals surface area contributed by atoms with Gasteiger partial charge in [-0.3, -0.25) is 4.79 Å². The molecule has 1 unspecified atom stereocenters. The first-order chi connectivity index (χ1) is 9.66. The Morgan fingerprint density at radius 2 is 2.00 bits per heavy atom. The lowest BCUT2D eigenvalue weighted by molar-refractivity contribution is 0.0946. The van der Waals surface area contributed by atoms with Gasteiger partial charge in [0.25, 0.3) is 5.91 Å². The van der Waals surface area contributed by atoms with Crippen LogP contribution in [0.3, 0.4) is 0 Å². The van der Waals surface area contributed by atoms with Gasteiger partial charge in [0.2, 0.25) is 0 Å². The molecule has 1 aliphatic rings. The van der Waals surface area contributed by atoms with Crippen LogP contribution >= 0.6 is 34.2 Å². The van der Waals surface area contributed by atoms with E-state index in [0.29, 0.717) is 6.54 Å². The molecule has 0 aliphatic carbocycles. The Morgan fingerprint density at radius 1 is 1.20 bits per heavy atom. The van der Waals surface area contributed by atoms with E-state index in [1.807, 2.05) is 42.5 Å². The molecule has 0 aromatic heterocycles. The number of halogens is 2. The molecule has 1 amide bonds. The Bertz CT molecular complexity index is 671. The van der Waals surface area contributed by atoms with E-state index in [2.05, 4.69) is 27.9 Å². The van der Waals surface area contributed by atoms with E-state index in [-0.39, 0.29) is 11.3 Å². The third-order valence-electron chi connectivity index (χ3n) is 3.53. The van der Waals surface area contributed by atoms with Gasteiger partial charge in [-0.15, -0.1) is 11.6 Å². The van der Waals surface area contributed by atoms with Gasteiger partial charge in [-0.05, 0) is 57.8 Å². The summed E-state index contributed by atoms with van der Waals surface area (Å²) >= 11 is 8.88. The van der Waals surface area contributed by atoms with Gasteiger partial charge in [0.05, 0.1) is 5.38 Å². The van der Waals surface area contributed by atoms with E-state index in [0.717, 1.165) is 32.2 Å². The highest BCUT2D eigenvalue weighted by Crippen LogP contribution is 2.33. The van der Waals surface area contributed by atoms with Crippen molar-refractivity contribution in [3.8, 4) is 0 Å². The molecule has 0 bridgehead atoms. The molecule has 2 aromatic carbocycles. The Balaban J connectivity index is 2.01. The van der Waals surface area contributed by atoms with Crippen LogP contribution in [0.15, 0.2) is 42.5 Å². The van der Waals surface area contributed by atoms with Crippen LogP contribution in [-0.4, -0.2) is 12.5 Å². The fourth-order valence-electron chi connectivity index (χ4n) is 2.45. The Morgan fingerprint density at radius 3 is 2.80 bits per heavy atom. The largest absolute Gasteiger partial charge is 0.352 e. The van der Waals surface area contributed by atoms with Gasteiger partial charge in [0.1, 0.15) is 0 Å². The lowest BCUT2D eigenvalue weighted by Gasteiger charge is -2.19. The number of fused-ring (bicyclic) bond motifs is 1. The molecule has 0 saturated carbocycles. The second kappa shape index (κ2) is 5.74. The molecule has 2 aromatic rings. The third-order valence-corrected chi connectivity index (χ3v) is 5.00. The summed E-state index contributed by atoms with van der Waals surface area (Å²) in [5.74, 6) is -0.000254. The van der Waals surface area contributed by atoms with Gasteiger partial charge in [-0.2, -0.15) is 0 Å². The Labute approximate surface area is 136 Å². The summed E-state index contributed by atoms with van der Waals surface area (Å²) in [6.45, 7) is 0.714. The second-order valence-corrected chi connectivity index (χ2v) is 6.41. The first kappa shape index (κ1) is 13.9. The van der Waals surface area contributed by atoms with Crippen LogP contribution in [0.5, 0.6) is 0 Å². The van der Waals surface area contributed by atoms with Crippen LogP contribution < -0.4 is 5.32 Å². The van der Waals surface area contributed by atoms with Crippen molar-refractivity contribution >= 4 is 40.1 Å². The highest BCUT2D eigenvalue weighted by atomic mass is 127. The van der Waals surface area contributed by atoms with Gasteiger partial charge in [-0.1, -0.05) is 30.3 Å². The maximum Gasteiger partial charge on any atom is 0.251 e. The van der Waals surface area contributed by atoms with Crippen molar-refractivity contribution < 1.29 is 4.79 Å². The number of benzene rings is 2. The maximum atomic E-state index is 11.9. The molecule has 1 heterocycles. The second-order valence-electron chi connectivity index (χ2n) is 4.81. The standard InChI is InChI=1S/C16H13ClINO/c17-15(12-3-1-2-4-14(12)18)11-6-5-10-7-8-19-16(20)13(10)9-11/h1-6,9,15H,7-8H2,(H,19,20). The van der Waals surface area contributed by atoms with Crippen molar-refractivity contribution in [2.45, 2.75) is 11.8 Å². The number of carbonyl (C=O) groups excluding carboxylic acids is 1. The summed E-state index contributed by atoms with van der Waals surface area (Å²) in [5, 5.41) is 2.64. The van der Waals surface area contributed by atoms with Crippen LogP contribution in [0.4, 0.5) is 0 Å². The summed E-state index contributed by atoms with van der Waals surface area (Å²) in [4.78, 5) is 11.9. The Kier molecular flexibility index (Phi) is 3.98. The molecule has 0 fully saturated rings. The van der Waals surface area contributed by atoms with E-state index in [1.54, 1.807) is 0 Å². The zero-order chi connectivity index (χ0) is 14.1. The molecule has 0 spiro atoms. The summed E-state index contributed by atoms with van der Waals surface area (Å²) in [7, 11) is 0. The molecule has 3 rings (SSSR count). The molecule has 20 heavy (non-hydrogen) atoms. The quantitative estimate of drug-likeness (QED) is 0.604. The van der Waals surface area contributed by atoms with Gasteiger partial charge in [0, 0.05) is 15.7 Å². The number of nitrogens with one attached hydrogen (secondary N) is 1. The van der Waals surface area contributed by atoms with Crippen LogP contribution in [0.1, 0.15) is 32.4 Å². The number of alkyl halides is 1. The van der Waals surface area contributed by atoms with Crippen molar-refractivity contribution in [3.05, 3.63) is 68.3 Å². The number of hydrogen-bond acceptors (Lipinski definition) is 1. The first-order valence-corrected chi connectivity index (χ1v) is 7.98. The molecule has 0 radical (unpaired) electrons. The monoisotopic (exact) mass is 397 g/mol. The van der Waals surface area contributed by atoms with Crippen LogP contribution in [0.2, 0.25) is 0 Å². The number of rotatable bonds is 2. The van der Waals surface area contributed by atoms with Crippen LogP contribution in [-0.2, 0) is 6.42 Å². The minimum atomic E-state index is -0.233. The summed E-state index contributed by atoms with van der Waals surface area (Å²) in [6.07, 6.45) is 0.886. The minimum absolute atomic E-state index is 0.000254. The van der Waals surface area contributed by atoms with E-state index in [1.165, 1.54) is 0 Å². The smallest absolute Gasteiger partial charge is 0.251 e. The van der Waals surface area contributed by atoms with Crippen molar-refractivity contribution in [2.75, 3.05) is 6.54 Å². The predicted octanol–water partition coefficient (Wildman–Crippen LogP) is 3.91. The van der Waals surface area contributed by atoms with E-state index in [9.17, 15) is 4.79 Å². The molecule has 4 heteroatoms. The lowest BCUT2D eigenvalue weighted by Crippen LogP contribution is -2.31. The number of hydrogen-bond donors (Lipinski definition) is 1. The van der Waals surface area contributed by atoms with Gasteiger partial charge >= 0.3 is 0 Å². The highest BCUT2D eigenvalue weighted by Gasteiger charge is 2.20. The Hall–Kier alpha value is -1.07. The van der Waals surface area contributed by atoms with Crippen molar-refractivity contribution in [3.63, 3.8) is 0 Å². The fraction of sp³-hybridized carbons (Fsp3) is 0.188. The minimum Gasteiger partial charge on any atom is -0.352 e. The number of carbonyl (C=O) groups is 1. The van der Waals surface area contributed by atoms with Crippen LogP contribution in [0.25, 0.3) is 0 Å². The van der Waals surface area contributed by atoms with Crippen molar-refractivity contribution in [2.24, 2.45) is 0 Å². The summed E-state index contributed by atoms with van der Waals surface area (Å²) in [5.41, 5.74) is 3.90. The normalized spacial score (nSPS) is 15.4. The number of amides is 1. The van der Waals surface area contributed by atoms with E-state index >= 15 is 0 Å². The average molecular weight is 398 g/mol. The van der Waals surface area contributed by atoms with Gasteiger partial charge < -0.3 is 5.32 Å². The first-order valence-electron chi connectivity index (χ1n) is 6.46. The molecule has 2 nitrogen and oxygen atoms in total. The summed E-state index contributed by atoms with van der Waals surface area (Å²) < 4.78 is 1.13. The fourth-order valence-corrected chi connectivity index (χ4v) is 3.66. The van der Waals surface area contributed by atoms with E-state index in [4.69, 9.17) is 11.6 Å². The lowest BCUT2D eigenvalue weighted by atomic mass is 9.95. The van der Waals surface area contributed by atoms with Crippen molar-refractivity contribution in [1.29, 1.82) is 0 Å². The predicted molar refractivity (Wildman–Crippen MR) is 89.3 cm³/mol. The van der Waals surface area contributed by atoms with E-state index < -0.39 is 0 Å². The average Bonchev–Trinajstić information content (AvgIpc) is 2.47. The van der Waals surface area contributed by atoms with Crippen molar-refractivity contribution in [1.82, 2.24) is 5.32 Å².